The smallest absolute Gasteiger partial charge is 0.0743 e. The van der Waals surface area contributed by atoms with E-state index >= 15 is 0 Å². The van der Waals surface area contributed by atoms with Crippen LogP contribution in [0.25, 0.3) is 0 Å². The molecule has 17 heavy (non-hydrogen) atoms. The average molecular weight is 235 g/mol. The van der Waals surface area contributed by atoms with Crippen molar-refractivity contribution < 1.29 is 5.11 Å². The first-order valence-corrected chi connectivity index (χ1v) is 6.59. The van der Waals surface area contributed by atoms with Gasteiger partial charge in [0.15, 0.2) is 0 Å². The van der Waals surface area contributed by atoms with E-state index in [4.69, 9.17) is 0 Å². The zero-order valence-corrected chi connectivity index (χ0v) is 11.3. The van der Waals surface area contributed by atoms with E-state index in [0.29, 0.717) is 6.54 Å². The highest BCUT2D eigenvalue weighted by Gasteiger charge is 2.18. The molecule has 0 aliphatic carbocycles. The van der Waals surface area contributed by atoms with Gasteiger partial charge < -0.3 is 10.4 Å². The Bertz CT molecular complexity index is 333. The Morgan fingerprint density at radius 1 is 1.18 bits per heavy atom. The van der Waals surface area contributed by atoms with Gasteiger partial charge in [-0.2, -0.15) is 0 Å². The van der Waals surface area contributed by atoms with Crippen molar-refractivity contribution in [2.75, 3.05) is 6.54 Å². The highest BCUT2D eigenvalue weighted by molar-refractivity contribution is 5.26. The largest absolute Gasteiger partial charge is 0.389 e. The van der Waals surface area contributed by atoms with E-state index in [1.807, 2.05) is 6.92 Å². The average Bonchev–Trinajstić information content (AvgIpc) is 2.29. The quantitative estimate of drug-likeness (QED) is 0.761. The summed E-state index contributed by atoms with van der Waals surface area (Å²) in [4.78, 5) is 0. The van der Waals surface area contributed by atoms with Crippen molar-refractivity contribution in [3.05, 3.63) is 35.4 Å². The molecular formula is C15H25NO. The summed E-state index contributed by atoms with van der Waals surface area (Å²) in [7, 11) is 0. The topological polar surface area (TPSA) is 32.3 Å². The van der Waals surface area contributed by atoms with Crippen LogP contribution in [0, 0.1) is 0 Å². The lowest BCUT2D eigenvalue weighted by Gasteiger charge is -2.23. The van der Waals surface area contributed by atoms with Crippen LogP contribution in [0.2, 0.25) is 0 Å². The fourth-order valence-electron chi connectivity index (χ4n) is 2.17. The number of hydrogen-bond acceptors (Lipinski definition) is 2. The van der Waals surface area contributed by atoms with Gasteiger partial charge >= 0.3 is 0 Å². The predicted octanol–water partition coefficient (Wildman–Crippen LogP) is 2.89. The Balaban J connectivity index is 2.45. The molecule has 1 atom stereocenters. The van der Waals surface area contributed by atoms with Crippen LogP contribution in [0.15, 0.2) is 24.3 Å². The van der Waals surface area contributed by atoms with Gasteiger partial charge in [0.1, 0.15) is 0 Å². The summed E-state index contributed by atoms with van der Waals surface area (Å²) in [5, 5.41) is 13.4. The first-order valence-electron chi connectivity index (χ1n) is 6.59. The summed E-state index contributed by atoms with van der Waals surface area (Å²) in [5.41, 5.74) is 2.13. The van der Waals surface area contributed by atoms with Gasteiger partial charge in [-0.15, -0.1) is 0 Å². The van der Waals surface area contributed by atoms with Crippen LogP contribution in [0.5, 0.6) is 0 Å². The maximum atomic E-state index is 10.1. The molecule has 96 valence electrons. The van der Waals surface area contributed by atoms with Gasteiger partial charge in [0.2, 0.25) is 0 Å². The second-order valence-corrected chi connectivity index (χ2v) is 4.97. The van der Waals surface area contributed by atoms with Gasteiger partial charge in [-0.25, -0.2) is 0 Å². The molecule has 0 radical (unpaired) electrons. The molecular weight excluding hydrogens is 210 g/mol. The number of nitrogens with one attached hydrogen (secondary N) is 1. The molecule has 1 unspecified atom stereocenters. The first-order chi connectivity index (χ1) is 8.09. The molecule has 2 heteroatoms. The van der Waals surface area contributed by atoms with Crippen molar-refractivity contribution in [2.24, 2.45) is 0 Å². The molecule has 1 aromatic carbocycles. The molecule has 0 saturated carbocycles. The molecule has 0 saturated heterocycles. The molecule has 0 aliphatic heterocycles. The number of rotatable bonds is 7. The van der Waals surface area contributed by atoms with Crippen molar-refractivity contribution >= 4 is 0 Å². The lowest BCUT2D eigenvalue weighted by atomic mass is 10.0. The van der Waals surface area contributed by atoms with E-state index in [9.17, 15) is 5.11 Å². The molecule has 0 fully saturated rings. The van der Waals surface area contributed by atoms with Crippen LogP contribution in [-0.4, -0.2) is 17.3 Å². The Morgan fingerprint density at radius 2 is 1.82 bits per heavy atom. The first kappa shape index (κ1) is 14.2. The summed E-state index contributed by atoms with van der Waals surface area (Å²) in [6.45, 7) is 7.66. The Labute approximate surface area is 105 Å². The molecule has 0 amide bonds. The van der Waals surface area contributed by atoms with Crippen molar-refractivity contribution in [1.29, 1.82) is 0 Å². The number of hydrogen-bond donors (Lipinski definition) is 2. The number of aryl methyl sites for hydroxylation is 1. The molecule has 0 heterocycles. The standard InChI is InChI=1S/C15H25NO/c1-4-10-15(3,17)12-16-11-14-9-7-6-8-13(14)5-2/h6-9,16-17H,4-5,10-12H2,1-3H3. The van der Waals surface area contributed by atoms with Crippen LogP contribution in [-0.2, 0) is 13.0 Å². The highest BCUT2D eigenvalue weighted by Crippen LogP contribution is 2.12. The third-order valence-electron chi connectivity index (χ3n) is 3.11. The number of aliphatic hydroxyl groups is 1. The van der Waals surface area contributed by atoms with E-state index in [-0.39, 0.29) is 0 Å². The minimum atomic E-state index is -0.587. The molecule has 1 rings (SSSR count). The van der Waals surface area contributed by atoms with Gasteiger partial charge in [0, 0.05) is 13.1 Å². The maximum absolute atomic E-state index is 10.1. The Morgan fingerprint density at radius 3 is 2.41 bits per heavy atom. The molecule has 0 aliphatic rings. The molecule has 2 nitrogen and oxygen atoms in total. The second-order valence-electron chi connectivity index (χ2n) is 4.97. The Kier molecular flexibility index (Phi) is 5.66. The van der Waals surface area contributed by atoms with Crippen LogP contribution >= 0.6 is 0 Å². The summed E-state index contributed by atoms with van der Waals surface area (Å²) in [5.74, 6) is 0. The molecule has 0 spiro atoms. The van der Waals surface area contributed by atoms with Crippen LogP contribution in [0.1, 0.15) is 44.7 Å². The Hall–Kier alpha value is -0.860. The minimum absolute atomic E-state index is 0.587. The van der Waals surface area contributed by atoms with E-state index in [1.54, 1.807) is 0 Å². The molecule has 1 aromatic rings. The van der Waals surface area contributed by atoms with Crippen LogP contribution < -0.4 is 5.32 Å². The van der Waals surface area contributed by atoms with E-state index in [0.717, 1.165) is 25.8 Å². The predicted molar refractivity (Wildman–Crippen MR) is 73.1 cm³/mol. The SMILES string of the molecule is CCCC(C)(O)CNCc1ccccc1CC. The number of benzene rings is 1. The van der Waals surface area contributed by atoms with Gasteiger partial charge in [-0.05, 0) is 30.9 Å². The molecule has 0 bridgehead atoms. The second kappa shape index (κ2) is 6.77. The fourth-order valence-corrected chi connectivity index (χ4v) is 2.17. The van der Waals surface area contributed by atoms with Gasteiger partial charge in [0.05, 0.1) is 5.60 Å². The highest BCUT2D eigenvalue weighted by atomic mass is 16.3. The monoisotopic (exact) mass is 235 g/mol. The lowest BCUT2D eigenvalue weighted by molar-refractivity contribution is 0.0498. The van der Waals surface area contributed by atoms with E-state index < -0.39 is 5.60 Å². The van der Waals surface area contributed by atoms with E-state index in [2.05, 4.69) is 43.4 Å². The van der Waals surface area contributed by atoms with Crippen molar-refractivity contribution in [3.63, 3.8) is 0 Å². The minimum Gasteiger partial charge on any atom is -0.389 e. The summed E-state index contributed by atoms with van der Waals surface area (Å²) in [6, 6.07) is 8.47. The maximum Gasteiger partial charge on any atom is 0.0743 e. The van der Waals surface area contributed by atoms with Gasteiger partial charge in [0.25, 0.3) is 0 Å². The zero-order valence-electron chi connectivity index (χ0n) is 11.3. The third kappa shape index (κ3) is 4.88. The summed E-state index contributed by atoms with van der Waals surface area (Å²) in [6.07, 6.45) is 2.92. The lowest BCUT2D eigenvalue weighted by Crippen LogP contribution is -2.37. The van der Waals surface area contributed by atoms with Crippen molar-refractivity contribution in [1.82, 2.24) is 5.32 Å². The van der Waals surface area contributed by atoms with Gasteiger partial charge in [-0.3, -0.25) is 0 Å². The van der Waals surface area contributed by atoms with Crippen molar-refractivity contribution in [3.8, 4) is 0 Å². The zero-order chi connectivity index (χ0) is 12.7. The van der Waals surface area contributed by atoms with Crippen LogP contribution in [0.3, 0.4) is 0 Å². The fraction of sp³-hybridized carbons (Fsp3) is 0.600. The van der Waals surface area contributed by atoms with Gasteiger partial charge in [-0.1, -0.05) is 44.5 Å². The van der Waals surface area contributed by atoms with E-state index in [1.165, 1.54) is 11.1 Å². The van der Waals surface area contributed by atoms with Crippen molar-refractivity contribution in [2.45, 2.75) is 52.2 Å². The third-order valence-corrected chi connectivity index (χ3v) is 3.11. The normalized spacial score (nSPS) is 14.6. The molecule has 2 N–H and O–H groups in total. The van der Waals surface area contributed by atoms with Crippen LogP contribution in [0.4, 0.5) is 0 Å². The molecule has 0 aromatic heterocycles. The summed E-state index contributed by atoms with van der Waals surface area (Å²) >= 11 is 0. The summed E-state index contributed by atoms with van der Waals surface area (Å²) < 4.78 is 0.